The number of aryl methyl sites for hydroxylation is 4. The van der Waals surface area contributed by atoms with Crippen LogP contribution in [0, 0.1) is 27.7 Å². The van der Waals surface area contributed by atoms with E-state index in [-0.39, 0.29) is 0 Å². The van der Waals surface area contributed by atoms with Gasteiger partial charge in [0, 0.05) is 11.8 Å². The average Bonchev–Trinajstić information content (AvgIpc) is 2.59. The lowest BCUT2D eigenvalue weighted by molar-refractivity contribution is 0.504. The fraction of sp³-hybridized carbons (Fsp3) is 0.267. The Balaban J connectivity index is 2.31. The molecule has 0 aliphatic carbocycles. The Kier molecular flexibility index (Phi) is 3.14. The molecule has 0 spiro atoms. The third-order valence-corrected chi connectivity index (χ3v) is 2.79. The van der Waals surface area contributed by atoms with Crippen molar-refractivity contribution in [3.8, 4) is 0 Å². The number of nitrogens with zero attached hydrogens (tertiary/aromatic N) is 1. The minimum absolute atomic E-state index is 0.913. The van der Waals surface area contributed by atoms with Crippen LogP contribution >= 0.6 is 0 Å². The summed E-state index contributed by atoms with van der Waals surface area (Å²) in [6.07, 6.45) is 1.87. The molecule has 0 bridgehead atoms. The first-order chi connectivity index (χ1) is 8.06. The first kappa shape index (κ1) is 11.6. The molecule has 88 valence electrons. The third-order valence-electron chi connectivity index (χ3n) is 2.79. The van der Waals surface area contributed by atoms with Gasteiger partial charge in [0.25, 0.3) is 0 Å². The summed E-state index contributed by atoms with van der Waals surface area (Å²) in [4.78, 5) is 4.53. The van der Waals surface area contributed by atoms with Crippen LogP contribution in [0.4, 0.5) is 5.69 Å². The van der Waals surface area contributed by atoms with Gasteiger partial charge in [0.1, 0.15) is 11.5 Å². The van der Waals surface area contributed by atoms with Crippen LogP contribution in [-0.4, -0.2) is 6.21 Å². The van der Waals surface area contributed by atoms with Crippen molar-refractivity contribution in [1.29, 1.82) is 0 Å². The lowest BCUT2D eigenvalue weighted by Crippen LogP contribution is -1.82. The van der Waals surface area contributed by atoms with Crippen LogP contribution in [0.15, 0.2) is 33.7 Å². The summed E-state index contributed by atoms with van der Waals surface area (Å²) in [5, 5.41) is 0. The van der Waals surface area contributed by atoms with Gasteiger partial charge in [-0.2, -0.15) is 0 Å². The quantitative estimate of drug-likeness (QED) is 0.703. The summed E-state index contributed by atoms with van der Waals surface area (Å²) in [6, 6.07) is 8.29. The average molecular weight is 227 g/mol. The van der Waals surface area contributed by atoms with Gasteiger partial charge >= 0.3 is 0 Å². The maximum atomic E-state index is 5.47. The summed E-state index contributed by atoms with van der Waals surface area (Å²) in [7, 11) is 0. The van der Waals surface area contributed by atoms with E-state index < -0.39 is 0 Å². The van der Waals surface area contributed by atoms with Crippen molar-refractivity contribution < 1.29 is 4.42 Å². The van der Waals surface area contributed by atoms with Crippen molar-refractivity contribution in [1.82, 2.24) is 0 Å². The SMILES string of the molecule is Cc1ccc(C)c(N=Cc2cc(C)oc2C)c1. The van der Waals surface area contributed by atoms with E-state index in [1.807, 2.05) is 26.1 Å². The largest absolute Gasteiger partial charge is 0.466 e. The molecule has 2 nitrogen and oxygen atoms in total. The number of aliphatic imine (C=N–C) groups is 1. The number of rotatable bonds is 2. The molecule has 0 atom stereocenters. The van der Waals surface area contributed by atoms with E-state index in [4.69, 9.17) is 4.42 Å². The van der Waals surface area contributed by atoms with Crippen molar-refractivity contribution in [3.63, 3.8) is 0 Å². The van der Waals surface area contributed by atoms with Crippen LogP contribution in [0.2, 0.25) is 0 Å². The van der Waals surface area contributed by atoms with Crippen LogP contribution in [-0.2, 0) is 0 Å². The number of benzene rings is 1. The summed E-state index contributed by atoms with van der Waals surface area (Å²) in [6.45, 7) is 8.05. The second-order valence-electron chi connectivity index (χ2n) is 4.42. The van der Waals surface area contributed by atoms with Crippen molar-refractivity contribution in [2.45, 2.75) is 27.7 Å². The van der Waals surface area contributed by atoms with Crippen LogP contribution in [0.5, 0.6) is 0 Å². The molecule has 0 N–H and O–H groups in total. The molecule has 2 aromatic rings. The summed E-state index contributed by atoms with van der Waals surface area (Å²) in [5.74, 6) is 1.83. The van der Waals surface area contributed by atoms with Crippen molar-refractivity contribution in [2.24, 2.45) is 4.99 Å². The van der Waals surface area contributed by atoms with Crippen molar-refractivity contribution in [2.75, 3.05) is 0 Å². The Hall–Kier alpha value is -1.83. The van der Waals surface area contributed by atoms with Crippen molar-refractivity contribution >= 4 is 11.9 Å². The zero-order valence-electron chi connectivity index (χ0n) is 10.7. The molecule has 0 amide bonds. The molecular weight excluding hydrogens is 210 g/mol. The summed E-state index contributed by atoms with van der Waals surface area (Å²) < 4.78 is 5.47. The van der Waals surface area contributed by atoms with Gasteiger partial charge in [-0.15, -0.1) is 0 Å². The number of hydrogen-bond acceptors (Lipinski definition) is 2. The second kappa shape index (κ2) is 4.58. The number of furan rings is 1. The van der Waals surface area contributed by atoms with Crippen LogP contribution < -0.4 is 0 Å². The van der Waals surface area contributed by atoms with E-state index in [0.29, 0.717) is 0 Å². The van der Waals surface area contributed by atoms with Crippen LogP contribution in [0.25, 0.3) is 0 Å². The van der Waals surface area contributed by atoms with Gasteiger partial charge in [0.2, 0.25) is 0 Å². The smallest absolute Gasteiger partial charge is 0.109 e. The van der Waals surface area contributed by atoms with Gasteiger partial charge < -0.3 is 4.42 Å². The fourth-order valence-corrected chi connectivity index (χ4v) is 1.78. The lowest BCUT2D eigenvalue weighted by Gasteiger charge is -2.00. The minimum atomic E-state index is 0.913. The molecule has 0 saturated heterocycles. The van der Waals surface area contributed by atoms with Gasteiger partial charge in [-0.25, -0.2) is 0 Å². The molecule has 0 radical (unpaired) electrons. The van der Waals surface area contributed by atoms with E-state index in [1.54, 1.807) is 0 Å². The Labute approximate surface area is 102 Å². The lowest BCUT2D eigenvalue weighted by atomic mass is 10.1. The highest BCUT2D eigenvalue weighted by molar-refractivity contribution is 5.83. The van der Waals surface area contributed by atoms with E-state index >= 15 is 0 Å². The highest BCUT2D eigenvalue weighted by Crippen LogP contribution is 2.20. The van der Waals surface area contributed by atoms with Gasteiger partial charge in [-0.3, -0.25) is 4.99 Å². The monoisotopic (exact) mass is 227 g/mol. The zero-order valence-corrected chi connectivity index (χ0v) is 10.7. The van der Waals surface area contributed by atoms with E-state index in [2.05, 4.69) is 37.0 Å². The minimum Gasteiger partial charge on any atom is -0.466 e. The maximum absolute atomic E-state index is 5.47. The Morgan fingerprint density at radius 3 is 2.47 bits per heavy atom. The van der Waals surface area contributed by atoms with Crippen LogP contribution in [0.3, 0.4) is 0 Å². The van der Waals surface area contributed by atoms with E-state index in [0.717, 1.165) is 22.8 Å². The maximum Gasteiger partial charge on any atom is 0.109 e. The van der Waals surface area contributed by atoms with E-state index in [9.17, 15) is 0 Å². The molecule has 0 unspecified atom stereocenters. The molecule has 2 heteroatoms. The predicted octanol–water partition coefficient (Wildman–Crippen LogP) is 4.26. The molecule has 0 saturated carbocycles. The Morgan fingerprint density at radius 2 is 1.82 bits per heavy atom. The fourth-order valence-electron chi connectivity index (χ4n) is 1.78. The normalized spacial score (nSPS) is 11.3. The summed E-state index contributed by atoms with van der Waals surface area (Å²) >= 11 is 0. The Morgan fingerprint density at radius 1 is 1.06 bits per heavy atom. The molecular formula is C15H17NO. The van der Waals surface area contributed by atoms with Gasteiger partial charge in [0.15, 0.2) is 0 Å². The standard InChI is InChI=1S/C15H17NO/c1-10-5-6-11(2)15(7-10)16-9-14-8-12(3)17-13(14)4/h5-9H,1-4H3. The predicted molar refractivity (Wildman–Crippen MR) is 71.4 cm³/mol. The summed E-state index contributed by atoms with van der Waals surface area (Å²) in [5.41, 5.74) is 4.47. The van der Waals surface area contributed by atoms with E-state index in [1.165, 1.54) is 11.1 Å². The highest BCUT2D eigenvalue weighted by atomic mass is 16.3. The molecule has 17 heavy (non-hydrogen) atoms. The van der Waals surface area contributed by atoms with Crippen LogP contribution in [0.1, 0.15) is 28.2 Å². The van der Waals surface area contributed by atoms with Gasteiger partial charge in [0.05, 0.1) is 5.69 Å². The third kappa shape index (κ3) is 2.64. The first-order valence-electron chi connectivity index (χ1n) is 5.74. The molecule has 0 aliphatic rings. The highest BCUT2D eigenvalue weighted by Gasteiger charge is 2.02. The molecule has 2 rings (SSSR count). The molecule has 1 heterocycles. The van der Waals surface area contributed by atoms with Gasteiger partial charge in [-0.1, -0.05) is 12.1 Å². The zero-order chi connectivity index (χ0) is 12.4. The topological polar surface area (TPSA) is 25.5 Å². The van der Waals surface area contributed by atoms with Gasteiger partial charge in [-0.05, 0) is 51.0 Å². The Bertz CT molecular complexity index is 564. The number of hydrogen-bond donors (Lipinski definition) is 0. The molecule has 0 fully saturated rings. The molecule has 1 aromatic heterocycles. The second-order valence-corrected chi connectivity index (χ2v) is 4.42. The first-order valence-corrected chi connectivity index (χ1v) is 5.74. The molecule has 1 aromatic carbocycles. The van der Waals surface area contributed by atoms with Crippen molar-refractivity contribution in [3.05, 3.63) is 52.5 Å². The molecule has 0 aliphatic heterocycles.